The van der Waals surface area contributed by atoms with Gasteiger partial charge in [-0.05, 0) is 25.0 Å². The predicted molar refractivity (Wildman–Crippen MR) is 93.8 cm³/mol. The van der Waals surface area contributed by atoms with Crippen LogP contribution in [0.4, 0.5) is 18.3 Å². The highest BCUT2D eigenvalue weighted by molar-refractivity contribution is 8.01. The molecule has 1 amide bonds. The van der Waals surface area contributed by atoms with Crippen molar-refractivity contribution in [2.24, 2.45) is 0 Å². The molecule has 5 nitrogen and oxygen atoms in total. The average Bonchev–Trinajstić information content (AvgIpc) is 3.29. The van der Waals surface area contributed by atoms with Crippen molar-refractivity contribution in [3.05, 3.63) is 29.8 Å². The Labute approximate surface area is 156 Å². The van der Waals surface area contributed by atoms with Gasteiger partial charge in [0.05, 0.1) is 12.2 Å². The zero-order chi connectivity index (χ0) is 18.7. The molecule has 1 aliphatic carbocycles. The van der Waals surface area contributed by atoms with Gasteiger partial charge in [-0.1, -0.05) is 35.2 Å². The molecule has 10 heteroatoms. The van der Waals surface area contributed by atoms with E-state index in [0.29, 0.717) is 15.2 Å². The van der Waals surface area contributed by atoms with Crippen LogP contribution < -0.4 is 9.64 Å². The van der Waals surface area contributed by atoms with Gasteiger partial charge in [-0.2, -0.15) is 13.2 Å². The summed E-state index contributed by atoms with van der Waals surface area (Å²) in [5.41, 5.74) is -0.787. The van der Waals surface area contributed by atoms with Crippen molar-refractivity contribution in [1.82, 2.24) is 10.2 Å². The number of carbonyl (C=O) groups excluding carboxylic acids is 1. The summed E-state index contributed by atoms with van der Waals surface area (Å²) < 4.78 is 44.6. The number of anilines is 1. The molecule has 3 rings (SSSR count). The average molecular weight is 403 g/mol. The molecule has 1 fully saturated rings. The Morgan fingerprint density at radius 2 is 2.08 bits per heavy atom. The fourth-order valence-corrected chi connectivity index (χ4v) is 4.19. The van der Waals surface area contributed by atoms with E-state index in [-0.39, 0.29) is 24.3 Å². The minimum absolute atomic E-state index is 0.0627. The number of para-hydroxylation sites is 1. The maximum Gasteiger partial charge on any atom is 0.419 e. The third kappa shape index (κ3) is 4.67. The first-order valence-electron chi connectivity index (χ1n) is 7.91. The molecule has 1 heterocycles. The number of ether oxygens (including phenoxy) is 1. The Balaban J connectivity index is 1.53. The summed E-state index contributed by atoms with van der Waals surface area (Å²) >= 11 is 2.64. The molecule has 0 aliphatic heterocycles. The largest absolute Gasteiger partial charge is 0.492 e. The number of benzene rings is 1. The van der Waals surface area contributed by atoms with E-state index in [4.69, 9.17) is 4.74 Å². The second kappa shape index (κ2) is 7.83. The van der Waals surface area contributed by atoms with Gasteiger partial charge in [-0.25, -0.2) is 0 Å². The van der Waals surface area contributed by atoms with Crippen molar-refractivity contribution in [3.63, 3.8) is 0 Å². The van der Waals surface area contributed by atoms with Gasteiger partial charge in [0.1, 0.15) is 5.75 Å². The summed E-state index contributed by atoms with van der Waals surface area (Å²) in [4.78, 5) is 13.4. The van der Waals surface area contributed by atoms with E-state index in [1.54, 1.807) is 4.90 Å². The third-order valence-electron chi connectivity index (χ3n) is 3.61. The molecular weight excluding hydrogens is 387 g/mol. The number of halogens is 3. The van der Waals surface area contributed by atoms with Crippen LogP contribution in [0.25, 0.3) is 0 Å². The number of alkyl halides is 3. The summed E-state index contributed by atoms with van der Waals surface area (Å²) in [5, 5.41) is 8.64. The third-order valence-corrected chi connectivity index (χ3v) is 5.63. The topological polar surface area (TPSA) is 55.3 Å². The number of nitrogens with zero attached hydrogens (tertiary/aromatic N) is 3. The predicted octanol–water partition coefficient (Wildman–Crippen LogP) is 4.24. The van der Waals surface area contributed by atoms with Gasteiger partial charge < -0.3 is 4.74 Å². The summed E-state index contributed by atoms with van der Waals surface area (Å²) in [5.74, 6) is 0.173. The normalized spacial score (nSPS) is 14.3. The number of amides is 1. The van der Waals surface area contributed by atoms with Gasteiger partial charge in [0.15, 0.2) is 4.34 Å². The molecule has 0 atom stereocenters. The van der Waals surface area contributed by atoms with E-state index in [2.05, 4.69) is 10.2 Å². The zero-order valence-corrected chi connectivity index (χ0v) is 15.5. The highest BCUT2D eigenvalue weighted by Gasteiger charge is 2.35. The van der Waals surface area contributed by atoms with E-state index in [1.165, 1.54) is 48.2 Å². The second-order valence-electron chi connectivity index (χ2n) is 5.66. The number of carbonyl (C=O) groups is 1. The van der Waals surface area contributed by atoms with Crippen molar-refractivity contribution >= 4 is 34.1 Å². The first kappa shape index (κ1) is 19.0. The monoisotopic (exact) mass is 403 g/mol. The van der Waals surface area contributed by atoms with Gasteiger partial charge in [0.25, 0.3) is 0 Å². The van der Waals surface area contributed by atoms with Crippen LogP contribution in [0.3, 0.4) is 0 Å². The van der Waals surface area contributed by atoms with Crippen LogP contribution in [0, 0.1) is 0 Å². The van der Waals surface area contributed by atoms with Crippen molar-refractivity contribution < 1.29 is 22.7 Å². The standard InChI is InChI=1S/C16H16F3N3O2S2/c1-10(23)22(11-6-7-11)14-20-21-15(26-14)25-9-8-24-13-5-3-2-4-12(13)16(17,18)19/h2-5,11H,6-9H2,1H3. The van der Waals surface area contributed by atoms with Crippen LogP contribution >= 0.6 is 23.1 Å². The first-order valence-corrected chi connectivity index (χ1v) is 9.71. The summed E-state index contributed by atoms with van der Waals surface area (Å²) in [6, 6.07) is 5.34. The SMILES string of the molecule is CC(=O)N(c1nnc(SCCOc2ccccc2C(F)(F)F)s1)C1CC1. The van der Waals surface area contributed by atoms with Gasteiger partial charge in [0.2, 0.25) is 11.0 Å². The fourth-order valence-electron chi connectivity index (χ4n) is 2.35. The Kier molecular flexibility index (Phi) is 5.71. The maximum absolute atomic E-state index is 12.9. The Morgan fingerprint density at radius 3 is 2.73 bits per heavy atom. The summed E-state index contributed by atoms with van der Waals surface area (Å²) in [7, 11) is 0. The lowest BCUT2D eigenvalue weighted by molar-refractivity contribution is -0.138. The van der Waals surface area contributed by atoms with Crippen molar-refractivity contribution in [1.29, 1.82) is 0 Å². The van der Waals surface area contributed by atoms with Gasteiger partial charge >= 0.3 is 6.18 Å². The zero-order valence-electron chi connectivity index (χ0n) is 13.8. The number of hydrogen-bond donors (Lipinski definition) is 0. The maximum atomic E-state index is 12.9. The number of hydrogen-bond acceptors (Lipinski definition) is 6. The molecule has 0 unspecified atom stereocenters. The smallest absolute Gasteiger partial charge is 0.419 e. The number of thioether (sulfide) groups is 1. The molecule has 0 bridgehead atoms. The molecule has 2 aromatic rings. The lowest BCUT2D eigenvalue weighted by Gasteiger charge is -2.15. The Morgan fingerprint density at radius 1 is 1.35 bits per heavy atom. The molecule has 0 radical (unpaired) electrons. The van der Waals surface area contributed by atoms with Crippen molar-refractivity contribution in [2.45, 2.75) is 36.3 Å². The van der Waals surface area contributed by atoms with Crippen LogP contribution in [-0.2, 0) is 11.0 Å². The second-order valence-corrected chi connectivity index (χ2v) is 7.96. The quantitative estimate of drug-likeness (QED) is 0.393. The van der Waals surface area contributed by atoms with Crippen LogP contribution in [-0.4, -0.2) is 34.5 Å². The van der Waals surface area contributed by atoms with Crippen LogP contribution in [0.5, 0.6) is 5.75 Å². The molecule has 1 saturated carbocycles. The Hall–Kier alpha value is -1.81. The molecule has 0 saturated heterocycles. The number of rotatable bonds is 7. The lowest BCUT2D eigenvalue weighted by atomic mass is 10.2. The summed E-state index contributed by atoms with van der Waals surface area (Å²) in [6.07, 6.45) is -2.51. The lowest BCUT2D eigenvalue weighted by Crippen LogP contribution is -2.30. The van der Waals surface area contributed by atoms with Gasteiger partial charge in [0, 0.05) is 18.7 Å². The van der Waals surface area contributed by atoms with Crippen LogP contribution in [0.2, 0.25) is 0 Å². The molecule has 0 spiro atoms. The molecule has 0 N–H and O–H groups in total. The minimum Gasteiger partial charge on any atom is -0.492 e. The molecule has 26 heavy (non-hydrogen) atoms. The van der Waals surface area contributed by atoms with Crippen molar-refractivity contribution in [3.8, 4) is 5.75 Å². The first-order chi connectivity index (χ1) is 12.4. The molecule has 1 aliphatic rings. The molecular formula is C16H16F3N3O2S2. The number of aromatic nitrogens is 2. The molecule has 140 valence electrons. The fraction of sp³-hybridized carbons (Fsp3) is 0.438. The van der Waals surface area contributed by atoms with Gasteiger partial charge in [-0.15, -0.1) is 10.2 Å². The van der Waals surface area contributed by atoms with E-state index < -0.39 is 11.7 Å². The highest BCUT2D eigenvalue weighted by atomic mass is 32.2. The highest BCUT2D eigenvalue weighted by Crippen LogP contribution is 2.37. The minimum atomic E-state index is -4.45. The van der Waals surface area contributed by atoms with Crippen LogP contribution in [0.1, 0.15) is 25.3 Å². The molecule has 1 aromatic carbocycles. The summed E-state index contributed by atoms with van der Waals surface area (Å²) in [6.45, 7) is 1.60. The van der Waals surface area contributed by atoms with E-state index >= 15 is 0 Å². The van der Waals surface area contributed by atoms with Gasteiger partial charge in [-0.3, -0.25) is 9.69 Å². The van der Waals surface area contributed by atoms with Crippen molar-refractivity contribution in [2.75, 3.05) is 17.3 Å². The van der Waals surface area contributed by atoms with E-state index in [1.807, 2.05) is 0 Å². The van der Waals surface area contributed by atoms with Crippen LogP contribution in [0.15, 0.2) is 28.6 Å². The van der Waals surface area contributed by atoms with E-state index in [0.717, 1.165) is 18.9 Å². The molecule has 1 aromatic heterocycles. The van der Waals surface area contributed by atoms with E-state index in [9.17, 15) is 18.0 Å². The Bertz CT molecular complexity index is 778.